The quantitative estimate of drug-likeness (QED) is 0.676. The second-order valence-electron chi connectivity index (χ2n) is 5.53. The first-order valence-corrected chi connectivity index (χ1v) is 8.15. The van der Waals surface area contributed by atoms with Crippen LogP contribution in [0.3, 0.4) is 0 Å². The Hall–Kier alpha value is -1.46. The van der Waals surface area contributed by atoms with Crippen LogP contribution in [0.2, 0.25) is 0 Å². The number of carbonyl (C=O) groups excluding carboxylic acids is 1. The van der Waals surface area contributed by atoms with Crippen molar-refractivity contribution >= 4 is 18.3 Å². The second-order valence-corrected chi connectivity index (χ2v) is 5.53. The van der Waals surface area contributed by atoms with Gasteiger partial charge in [-0.2, -0.15) is 0 Å². The normalized spacial score (nSPS) is 12.4. The van der Waals surface area contributed by atoms with Crippen LogP contribution in [0.25, 0.3) is 0 Å². The number of ether oxygens (including phenoxy) is 2. The highest BCUT2D eigenvalue weighted by Crippen LogP contribution is 2.30. The number of hydrogen-bond donors (Lipinski definition) is 2. The Labute approximate surface area is 144 Å². The van der Waals surface area contributed by atoms with Crippen molar-refractivity contribution in [2.24, 2.45) is 5.73 Å². The fraction of sp³-hybridized carbons (Fsp3) is 0.588. The van der Waals surface area contributed by atoms with Gasteiger partial charge in [0.05, 0.1) is 0 Å². The summed E-state index contributed by atoms with van der Waals surface area (Å²) in [4.78, 5) is 11.7. The zero-order valence-electron chi connectivity index (χ0n) is 13.5. The van der Waals surface area contributed by atoms with Gasteiger partial charge in [0.15, 0.2) is 11.5 Å². The molecule has 1 aromatic carbocycles. The topological polar surface area (TPSA) is 73.6 Å². The number of benzene rings is 1. The Kier molecular flexibility index (Phi) is 9.48. The van der Waals surface area contributed by atoms with Gasteiger partial charge in [0.1, 0.15) is 13.2 Å². The lowest BCUT2D eigenvalue weighted by Gasteiger charge is -2.18. The fourth-order valence-electron chi connectivity index (χ4n) is 2.46. The molecule has 130 valence electrons. The Bertz CT molecular complexity index is 483. The van der Waals surface area contributed by atoms with Crippen molar-refractivity contribution in [1.82, 2.24) is 5.32 Å². The molecule has 0 saturated carbocycles. The van der Waals surface area contributed by atoms with E-state index < -0.39 is 0 Å². The largest absolute Gasteiger partial charge is 0.486 e. The van der Waals surface area contributed by atoms with Gasteiger partial charge in [-0.05, 0) is 43.5 Å². The van der Waals surface area contributed by atoms with E-state index in [1.54, 1.807) is 0 Å². The molecule has 0 bridgehead atoms. The molecule has 6 heteroatoms. The summed E-state index contributed by atoms with van der Waals surface area (Å²) >= 11 is 0. The maximum Gasteiger partial charge on any atom is 0.220 e. The lowest BCUT2D eigenvalue weighted by molar-refractivity contribution is -0.121. The molecule has 0 atom stereocenters. The van der Waals surface area contributed by atoms with Crippen LogP contribution in [-0.2, 0) is 11.2 Å². The zero-order chi connectivity index (χ0) is 15.6. The molecule has 0 fully saturated rings. The summed E-state index contributed by atoms with van der Waals surface area (Å²) in [5, 5.41) is 2.97. The van der Waals surface area contributed by atoms with E-state index in [2.05, 4.69) is 5.32 Å². The molecule has 0 saturated heterocycles. The van der Waals surface area contributed by atoms with E-state index in [0.717, 1.165) is 55.7 Å². The van der Waals surface area contributed by atoms with Gasteiger partial charge in [0.2, 0.25) is 5.91 Å². The van der Waals surface area contributed by atoms with Crippen molar-refractivity contribution in [3.05, 3.63) is 23.8 Å². The highest BCUT2D eigenvalue weighted by molar-refractivity contribution is 5.85. The van der Waals surface area contributed by atoms with Gasteiger partial charge in [-0.25, -0.2) is 0 Å². The molecule has 0 unspecified atom stereocenters. The first-order chi connectivity index (χ1) is 10.8. The van der Waals surface area contributed by atoms with Crippen LogP contribution in [0.4, 0.5) is 0 Å². The van der Waals surface area contributed by atoms with Crippen molar-refractivity contribution in [3.63, 3.8) is 0 Å². The number of rotatable bonds is 9. The lowest BCUT2D eigenvalue weighted by atomic mass is 10.1. The standard InChI is InChI=1S/C17H26N2O3.ClH/c18-9-4-2-1-3-5-17(20)19-10-8-14-6-7-15-16(13-14)22-12-11-21-15;/h6-7,13H,1-5,8-12,18H2,(H,19,20);1H. The minimum Gasteiger partial charge on any atom is -0.486 e. The lowest BCUT2D eigenvalue weighted by Crippen LogP contribution is -2.25. The molecule has 1 aliphatic rings. The second kappa shape index (κ2) is 11.1. The molecule has 1 heterocycles. The van der Waals surface area contributed by atoms with E-state index in [4.69, 9.17) is 15.2 Å². The summed E-state index contributed by atoms with van der Waals surface area (Å²) in [6.07, 6.45) is 5.58. The molecule has 1 aliphatic heterocycles. The summed E-state index contributed by atoms with van der Waals surface area (Å²) in [7, 11) is 0. The maximum atomic E-state index is 11.7. The molecule has 1 amide bonds. The molecule has 0 aromatic heterocycles. The number of nitrogens with two attached hydrogens (primary N) is 1. The highest BCUT2D eigenvalue weighted by Gasteiger charge is 2.11. The van der Waals surface area contributed by atoms with Crippen LogP contribution in [0, 0.1) is 0 Å². The predicted molar refractivity (Wildman–Crippen MR) is 93.5 cm³/mol. The van der Waals surface area contributed by atoms with Gasteiger partial charge in [0, 0.05) is 13.0 Å². The number of hydrogen-bond acceptors (Lipinski definition) is 4. The number of unbranched alkanes of at least 4 members (excludes halogenated alkanes) is 3. The average Bonchev–Trinajstić information content (AvgIpc) is 2.54. The third kappa shape index (κ3) is 7.10. The summed E-state index contributed by atoms with van der Waals surface area (Å²) in [5.74, 6) is 1.73. The monoisotopic (exact) mass is 342 g/mol. The van der Waals surface area contributed by atoms with Gasteiger partial charge in [-0.1, -0.05) is 18.9 Å². The molecule has 0 spiro atoms. The van der Waals surface area contributed by atoms with Gasteiger partial charge in [-0.15, -0.1) is 12.4 Å². The number of fused-ring (bicyclic) bond motifs is 1. The molecule has 0 aliphatic carbocycles. The van der Waals surface area contributed by atoms with Crippen LogP contribution in [0.1, 0.15) is 37.7 Å². The van der Waals surface area contributed by atoms with Gasteiger partial charge in [0.25, 0.3) is 0 Å². The number of halogens is 1. The first-order valence-electron chi connectivity index (χ1n) is 8.15. The molecular weight excluding hydrogens is 316 g/mol. The van der Waals surface area contributed by atoms with Gasteiger partial charge in [-0.3, -0.25) is 4.79 Å². The van der Waals surface area contributed by atoms with Crippen LogP contribution >= 0.6 is 12.4 Å². The third-order valence-electron chi connectivity index (χ3n) is 3.70. The smallest absolute Gasteiger partial charge is 0.220 e. The molecule has 1 aromatic rings. The molecule has 23 heavy (non-hydrogen) atoms. The molecular formula is C17H27ClN2O3. The summed E-state index contributed by atoms with van der Waals surface area (Å²) < 4.78 is 11.0. The minimum atomic E-state index is 0. The number of amides is 1. The van der Waals surface area contributed by atoms with E-state index in [9.17, 15) is 4.79 Å². The van der Waals surface area contributed by atoms with Crippen molar-refractivity contribution < 1.29 is 14.3 Å². The molecule has 5 nitrogen and oxygen atoms in total. The van der Waals surface area contributed by atoms with Crippen LogP contribution in [0.15, 0.2) is 18.2 Å². The summed E-state index contributed by atoms with van der Waals surface area (Å²) in [6, 6.07) is 5.95. The van der Waals surface area contributed by atoms with Crippen LogP contribution in [-0.4, -0.2) is 32.2 Å². The van der Waals surface area contributed by atoms with Crippen molar-refractivity contribution in [1.29, 1.82) is 0 Å². The Morgan fingerprint density at radius 1 is 1.09 bits per heavy atom. The molecule has 2 rings (SSSR count). The third-order valence-corrected chi connectivity index (χ3v) is 3.70. The van der Waals surface area contributed by atoms with Crippen LogP contribution in [0.5, 0.6) is 11.5 Å². The van der Waals surface area contributed by atoms with Crippen LogP contribution < -0.4 is 20.5 Å². The molecule has 0 radical (unpaired) electrons. The Balaban J connectivity index is 0.00000264. The predicted octanol–water partition coefficient (Wildman–Crippen LogP) is 2.45. The summed E-state index contributed by atoms with van der Waals surface area (Å²) in [6.45, 7) is 2.59. The van der Waals surface area contributed by atoms with Gasteiger partial charge < -0.3 is 20.5 Å². The number of carbonyl (C=O) groups is 1. The van der Waals surface area contributed by atoms with E-state index >= 15 is 0 Å². The van der Waals surface area contributed by atoms with Crippen molar-refractivity contribution in [3.8, 4) is 11.5 Å². The van der Waals surface area contributed by atoms with Crippen molar-refractivity contribution in [2.45, 2.75) is 38.5 Å². The number of nitrogens with one attached hydrogen (secondary N) is 1. The molecule has 3 N–H and O–H groups in total. The van der Waals surface area contributed by atoms with E-state index in [1.165, 1.54) is 0 Å². The Morgan fingerprint density at radius 3 is 2.61 bits per heavy atom. The van der Waals surface area contributed by atoms with Crippen molar-refractivity contribution in [2.75, 3.05) is 26.3 Å². The Morgan fingerprint density at radius 2 is 1.83 bits per heavy atom. The zero-order valence-corrected chi connectivity index (χ0v) is 14.3. The fourth-order valence-corrected chi connectivity index (χ4v) is 2.46. The average molecular weight is 343 g/mol. The summed E-state index contributed by atoms with van der Waals surface area (Å²) in [5.41, 5.74) is 6.58. The maximum absolute atomic E-state index is 11.7. The SMILES string of the molecule is Cl.NCCCCCCC(=O)NCCc1ccc2c(c1)OCCO2. The first kappa shape index (κ1) is 19.6. The minimum absolute atomic E-state index is 0. The van der Waals surface area contributed by atoms with E-state index in [0.29, 0.717) is 26.2 Å². The van der Waals surface area contributed by atoms with Gasteiger partial charge >= 0.3 is 0 Å². The van der Waals surface area contributed by atoms with E-state index in [-0.39, 0.29) is 18.3 Å². The highest BCUT2D eigenvalue weighted by atomic mass is 35.5. The van der Waals surface area contributed by atoms with E-state index in [1.807, 2.05) is 18.2 Å².